The highest BCUT2D eigenvalue weighted by molar-refractivity contribution is 9.09. The van der Waals surface area contributed by atoms with Crippen LogP contribution in [0.25, 0.3) is 0 Å². The van der Waals surface area contributed by atoms with Crippen molar-refractivity contribution in [3.63, 3.8) is 0 Å². The van der Waals surface area contributed by atoms with Gasteiger partial charge in [0.25, 0.3) is 0 Å². The summed E-state index contributed by atoms with van der Waals surface area (Å²) in [4.78, 5) is 0. The van der Waals surface area contributed by atoms with E-state index in [0.717, 1.165) is 18.2 Å². The Kier molecular flexibility index (Phi) is 5.42. The van der Waals surface area contributed by atoms with E-state index in [1.165, 1.54) is 27.8 Å². The Bertz CT molecular complexity index is 534. The fourth-order valence-electron chi connectivity index (χ4n) is 2.76. The highest BCUT2D eigenvalue weighted by Gasteiger charge is 2.10. The molecular formula is C19H23Br. The zero-order valence-electron chi connectivity index (χ0n) is 12.6. The highest BCUT2D eigenvalue weighted by atomic mass is 79.9. The molecule has 0 spiro atoms. The summed E-state index contributed by atoms with van der Waals surface area (Å²) >= 11 is 3.68. The van der Waals surface area contributed by atoms with Crippen LogP contribution in [0.15, 0.2) is 42.5 Å². The molecule has 0 amide bonds. The molecule has 0 fully saturated rings. The summed E-state index contributed by atoms with van der Waals surface area (Å²) in [6, 6.07) is 15.8. The van der Waals surface area contributed by atoms with E-state index in [0.29, 0.717) is 5.92 Å². The van der Waals surface area contributed by atoms with Crippen LogP contribution in [-0.4, -0.2) is 5.33 Å². The lowest BCUT2D eigenvalue weighted by atomic mass is 9.92. The zero-order valence-corrected chi connectivity index (χ0v) is 14.2. The van der Waals surface area contributed by atoms with Gasteiger partial charge in [0.05, 0.1) is 0 Å². The molecule has 0 radical (unpaired) electrons. The number of rotatable bonds is 5. The Morgan fingerprint density at radius 2 is 1.30 bits per heavy atom. The van der Waals surface area contributed by atoms with Crippen molar-refractivity contribution in [2.24, 2.45) is 5.92 Å². The predicted molar refractivity (Wildman–Crippen MR) is 91.8 cm³/mol. The van der Waals surface area contributed by atoms with Gasteiger partial charge in [-0.3, -0.25) is 0 Å². The summed E-state index contributed by atoms with van der Waals surface area (Å²) in [6.45, 7) is 6.50. The number of halogens is 1. The van der Waals surface area contributed by atoms with Crippen LogP contribution in [0.2, 0.25) is 0 Å². The summed E-state index contributed by atoms with van der Waals surface area (Å²) in [5, 5.41) is 1.05. The normalized spacial score (nSPS) is 12.4. The maximum Gasteiger partial charge on any atom is 0.00660 e. The van der Waals surface area contributed by atoms with Gasteiger partial charge in [-0.2, -0.15) is 0 Å². The van der Waals surface area contributed by atoms with Gasteiger partial charge in [0.2, 0.25) is 0 Å². The van der Waals surface area contributed by atoms with E-state index in [-0.39, 0.29) is 0 Å². The summed E-state index contributed by atoms with van der Waals surface area (Å²) < 4.78 is 0. The highest BCUT2D eigenvalue weighted by Crippen LogP contribution is 2.19. The maximum absolute atomic E-state index is 3.68. The molecule has 0 N–H and O–H groups in total. The van der Waals surface area contributed by atoms with Gasteiger partial charge in [0.15, 0.2) is 0 Å². The molecule has 20 heavy (non-hydrogen) atoms. The van der Waals surface area contributed by atoms with Gasteiger partial charge in [-0.15, -0.1) is 0 Å². The molecule has 1 heteroatoms. The van der Waals surface area contributed by atoms with E-state index >= 15 is 0 Å². The second kappa shape index (κ2) is 7.08. The Morgan fingerprint density at radius 3 is 1.85 bits per heavy atom. The smallest absolute Gasteiger partial charge is 0.00660 e. The third-order valence-corrected chi connectivity index (χ3v) is 4.58. The molecule has 0 aliphatic heterocycles. The number of benzene rings is 2. The Balaban J connectivity index is 2.06. The average molecular weight is 331 g/mol. The molecule has 0 saturated heterocycles. The third kappa shape index (κ3) is 4.49. The van der Waals surface area contributed by atoms with Crippen molar-refractivity contribution in [3.05, 3.63) is 70.3 Å². The quantitative estimate of drug-likeness (QED) is 0.643. The topological polar surface area (TPSA) is 0 Å². The Hall–Kier alpha value is -1.08. The minimum absolute atomic E-state index is 0.652. The molecule has 0 aliphatic rings. The number of hydrogen-bond donors (Lipinski definition) is 0. The van der Waals surface area contributed by atoms with Crippen molar-refractivity contribution in [2.75, 3.05) is 5.33 Å². The molecule has 0 heterocycles. The first kappa shape index (κ1) is 15.3. The minimum atomic E-state index is 0.652. The molecule has 0 aromatic heterocycles. The van der Waals surface area contributed by atoms with Crippen molar-refractivity contribution in [3.8, 4) is 0 Å². The number of hydrogen-bond acceptors (Lipinski definition) is 0. The first-order chi connectivity index (χ1) is 9.56. The summed E-state index contributed by atoms with van der Waals surface area (Å²) in [6.07, 6.45) is 2.28. The van der Waals surface area contributed by atoms with Gasteiger partial charge < -0.3 is 0 Å². The van der Waals surface area contributed by atoms with Crippen LogP contribution >= 0.6 is 15.9 Å². The van der Waals surface area contributed by atoms with Crippen molar-refractivity contribution >= 4 is 15.9 Å². The molecule has 0 nitrogen and oxygen atoms in total. The van der Waals surface area contributed by atoms with Gasteiger partial charge >= 0.3 is 0 Å². The molecule has 0 saturated carbocycles. The van der Waals surface area contributed by atoms with Gasteiger partial charge in [-0.1, -0.05) is 75.1 Å². The molecule has 1 atom stereocenters. The first-order valence-corrected chi connectivity index (χ1v) is 8.37. The lowest BCUT2D eigenvalue weighted by molar-refractivity contribution is 0.591. The summed E-state index contributed by atoms with van der Waals surface area (Å²) in [5.74, 6) is 0.652. The van der Waals surface area contributed by atoms with E-state index in [2.05, 4.69) is 79.2 Å². The minimum Gasteiger partial charge on any atom is -0.0925 e. The zero-order chi connectivity index (χ0) is 14.5. The molecule has 0 bridgehead atoms. The second-order valence-corrected chi connectivity index (χ2v) is 6.56. The standard InChI is InChI=1S/C19H23Br/c1-14-4-6-17(7-5-14)11-19(13-20)12-18-9-15(2)8-16(3)10-18/h4-10,19H,11-13H2,1-3H3. The van der Waals surface area contributed by atoms with E-state index in [4.69, 9.17) is 0 Å². The van der Waals surface area contributed by atoms with Crippen molar-refractivity contribution in [2.45, 2.75) is 33.6 Å². The number of alkyl halides is 1. The van der Waals surface area contributed by atoms with Crippen LogP contribution in [0.4, 0.5) is 0 Å². The van der Waals surface area contributed by atoms with Gasteiger partial charge in [0, 0.05) is 5.33 Å². The Labute approximate surface area is 131 Å². The second-order valence-electron chi connectivity index (χ2n) is 5.91. The van der Waals surface area contributed by atoms with Crippen molar-refractivity contribution < 1.29 is 0 Å². The van der Waals surface area contributed by atoms with E-state index < -0.39 is 0 Å². The average Bonchev–Trinajstić information content (AvgIpc) is 2.39. The van der Waals surface area contributed by atoms with Crippen LogP contribution in [0.3, 0.4) is 0 Å². The fraction of sp³-hybridized carbons (Fsp3) is 0.368. The van der Waals surface area contributed by atoms with Crippen molar-refractivity contribution in [1.82, 2.24) is 0 Å². The molecule has 2 aromatic rings. The van der Waals surface area contributed by atoms with Crippen LogP contribution in [0.1, 0.15) is 27.8 Å². The molecule has 2 rings (SSSR count). The van der Waals surface area contributed by atoms with E-state index in [1.807, 2.05) is 0 Å². The van der Waals surface area contributed by atoms with Gasteiger partial charge in [-0.25, -0.2) is 0 Å². The van der Waals surface area contributed by atoms with Gasteiger partial charge in [-0.05, 0) is 50.7 Å². The van der Waals surface area contributed by atoms with Crippen LogP contribution in [0, 0.1) is 26.7 Å². The van der Waals surface area contributed by atoms with E-state index in [1.54, 1.807) is 0 Å². The summed E-state index contributed by atoms with van der Waals surface area (Å²) in [7, 11) is 0. The lowest BCUT2D eigenvalue weighted by Gasteiger charge is -2.15. The number of aryl methyl sites for hydroxylation is 3. The monoisotopic (exact) mass is 330 g/mol. The Morgan fingerprint density at radius 1 is 0.750 bits per heavy atom. The van der Waals surface area contributed by atoms with Crippen molar-refractivity contribution in [1.29, 1.82) is 0 Å². The predicted octanol–water partition coefficient (Wildman–Crippen LogP) is 5.41. The van der Waals surface area contributed by atoms with Crippen LogP contribution in [0.5, 0.6) is 0 Å². The third-order valence-electron chi connectivity index (χ3n) is 3.67. The summed E-state index contributed by atoms with van der Waals surface area (Å²) in [5.41, 5.74) is 6.95. The molecular weight excluding hydrogens is 308 g/mol. The van der Waals surface area contributed by atoms with E-state index in [9.17, 15) is 0 Å². The SMILES string of the molecule is Cc1ccc(CC(CBr)Cc2cc(C)cc(C)c2)cc1. The molecule has 0 aliphatic carbocycles. The fourth-order valence-corrected chi connectivity index (χ4v) is 3.22. The largest absolute Gasteiger partial charge is 0.0925 e. The molecule has 1 unspecified atom stereocenters. The molecule has 2 aromatic carbocycles. The maximum atomic E-state index is 3.68. The van der Waals surface area contributed by atoms with Gasteiger partial charge in [0.1, 0.15) is 0 Å². The first-order valence-electron chi connectivity index (χ1n) is 7.25. The lowest BCUT2D eigenvalue weighted by Crippen LogP contribution is -2.10. The molecule has 106 valence electrons. The van der Waals surface area contributed by atoms with Crippen LogP contribution in [-0.2, 0) is 12.8 Å². The van der Waals surface area contributed by atoms with Crippen LogP contribution < -0.4 is 0 Å².